The smallest absolute Gasteiger partial charge is 0.0540 e. The van der Waals surface area contributed by atoms with Crippen LogP contribution in [0, 0.1) is 13.8 Å². The Morgan fingerprint density at radius 2 is 0.784 bits per heavy atom. The number of rotatable bonds is 6. The van der Waals surface area contributed by atoms with Crippen LogP contribution >= 0.6 is 0 Å². The van der Waals surface area contributed by atoms with Gasteiger partial charge in [-0.3, -0.25) is 0 Å². The number of aryl methyl sites for hydroxylation is 2. The van der Waals surface area contributed by atoms with Crippen LogP contribution in [0.25, 0.3) is 65.7 Å². The van der Waals surface area contributed by atoms with E-state index in [4.69, 9.17) is 0 Å². The predicted molar refractivity (Wildman–Crippen MR) is 219 cm³/mol. The Balaban J connectivity index is 1.31. The van der Waals surface area contributed by atoms with Crippen molar-refractivity contribution in [3.05, 3.63) is 199 Å². The van der Waals surface area contributed by atoms with Gasteiger partial charge in [0.1, 0.15) is 0 Å². The van der Waals surface area contributed by atoms with E-state index in [-0.39, 0.29) is 0 Å². The van der Waals surface area contributed by atoms with Crippen LogP contribution in [0.4, 0.5) is 17.1 Å². The molecule has 0 fully saturated rings. The van der Waals surface area contributed by atoms with Gasteiger partial charge in [0.05, 0.1) is 5.69 Å². The van der Waals surface area contributed by atoms with Crippen molar-refractivity contribution in [1.29, 1.82) is 0 Å². The van der Waals surface area contributed by atoms with Gasteiger partial charge < -0.3 is 4.90 Å². The zero-order valence-corrected chi connectivity index (χ0v) is 28.8. The van der Waals surface area contributed by atoms with Gasteiger partial charge in [0, 0.05) is 16.8 Å². The predicted octanol–water partition coefficient (Wildman–Crippen LogP) is 14.2. The lowest BCUT2D eigenvalue weighted by atomic mass is 9.84. The van der Waals surface area contributed by atoms with Crippen LogP contribution in [0.1, 0.15) is 11.1 Å². The van der Waals surface area contributed by atoms with Crippen LogP contribution in [0.3, 0.4) is 0 Å². The van der Waals surface area contributed by atoms with Crippen LogP contribution in [-0.4, -0.2) is 0 Å². The highest BCUT2D eigenvalue weighted by Crippen LogP contribution is 2.48. The first-order valence-electron chi connectivity index (χ1n) is 17.7. The van der Waals surface area contributed by atoms with E-state index >= 15 is 0 Å². The maximum atomic E-state index is 2.41. The summed E-state index contributed by atoms with van der Waals surface area (Å²) in [4.78, 5) is 2.41. The number of hydrogen-bond donors (Lipinski definition) is 0. The molecular weight excluding hydrogens is 615 g/mol. The van der Waals surface area contributed by atoms with E-state index in [2.05, 4.69) is 207 Å². The summed E-state index contributed by atoms with van der Waals surface area (Å²) in [5.74, 6) is 0. The van der Waals surface area contributed by atoms with E-state index in [1.807, 2.05) is 0 Å². The maximum Gasteiger partial charge on any atom is 0.0540 e. The maximum absolute atomic E-state index is 2.41. The average Bonchev–Trinajstić information content (AvgIpc) is 3.18. The second kappa shape index (κ2) is 12.8. The van der Waals surface area contributed by atoms with E-state index in [1.165, 1.54) is 76.8 Å². The molecule has 9 aromatic carbocycles. The molecule has 9 rings (SSSR count). The molecule has 0 saturated heterocycles. The molecule has 0 unspecified atom stereocenters. The largest absolute Gasteiger partial charge is 0.310 e. The lowest BCUT2D eigenvalue weighted by molar-refractivity contribution is 1.27. The quantitative estimate of drug-likeness (QED) is 0.162. The highest BCUT2D eigenvalue weighted by Gasteiger charge is 2.21. The summed E-state index contributed by atoms with van der Waals surface area (Å²) in [6.07, 6.45) is 0. The van der Waals surface area contributed by atoms with Crippen molar-refractivity contribution in [3.63, 3.8) is 0 Å². The van der Waals surface area contributed by atoms with Crippen molar-refractivity contribution in [2.75, 3.05) is 4.90 Å². The third kappa shape index (κ3) is 5.44. The van der Waals surface area contributed by atoms with Gasteiger partial charge in [-0.25, -0.2) is 0 Å². The molecule has 0 radical (unpaired) electrons. The van der Waals surface area contributed by atoms with Crippen LogP contribution < -0.4 is 4.90 Å². The molecule has 0 bridgehead atoms. The van der Waals surface area contributed by atoms with E-state index in [0.29, 0.717) is 0 Å². The summed E-state index contributed by atoms with van der Waals surface area (Å²) in [6.45, 7) is 4.33. The zero-order chi connectivity index (χ0) is 34.3. The van der Waals surface area contributed by atoms with Crippen molar-refractivity contribution >= 4 is 49.4 Å². The highest BCUT2D eigenvalue weighted by molar-refractivity contribution is 6.24. The fourth-order valence-corrected chi connectivity index (χ4v) is 7.87. The molecule has 0 heterocycles. The van der Waals surface area contributed by atoms with Gasteiger partial charge in [0.25, 0.3) is 0 Å². The minimum Gasteiger partial charge on any atom is -0.310 e. The van der Waals surface area contributed by atoms with Crippen molar-refractivity contribution < 1.29 is 0 Å². The van der Waals surface area contributed by atoms with Crippen molar-refractivity contribution in [2.45, 2.75) is 13.8 Å². The van der Waals surface area contributed by atoms with Crippen LogP contribution in [0.5, 0.6) is 0 Å². The number of anilines is 3. The van der Waals surface area contributed by atoms with Gasteiger partial charge in [-0.05, 0) is 122 Å². The third-order valence-electron chi connectivity index (χ3n) is 10.1. The summed E-state index contributed by atoms with van der Waals surface area (Å²) >= 11 is 0. The van der Waals surface area contributed by atoms with Crippen molar-refractivity contribution in [2.24, 2.45) is 0 Å². The fourth-order valence-electron chi connectivity index (χ4n) is 7.87. The number of hydrogen-bond acceptors (Lipinski definition) is 1. The SMILES string of the molecule is Cc1cccc(N(c2cccc(C)c2)c2ccc(-c3c4ccccc4c(-c4cccc(-c5ccccc5)c4)c4ccccc34)c3ccccc23)c1. The Morgan fingerprint density at radius 1 is 0.314 bits per heavy atom. The lowest BCUT2D eigenvalue weighted by Gasteiger charge is -2.28. The second-order valence-electron chi connectivity index (χ2n) is 13.5. The van der Waals surface area contributed by atoms with E-state index in [1.54, 1.807) is 0 Å². The average molecular weight is 652 g/mol. The molecule has 51 heavy (non-hydrogen) atoms. The number of benzene rings is 9. The Morgan fingerprint density at radius 3 is 1.37 bits per heavy atom. The summed E-state index contributed by atoms with van der Waals surface area (Å²) < 4.78 is 0. The topological polar surface area (TPSA) is 3.24 Å². The molecule has 0 aliphatic rings. The van der Waals surface area contributed by atoms with Gasteiger partial charge in [-0.15, -0.1) is 0 Å². The Kier molecular flexibility index (Phi) is 7.67. The Bertz CT molecular complexity index is 2620. The van der Waals surface area contributed by atoms with Crippen LogP contribution in [0.15, 0.2) is 188 Å². The Labute approximate surface area is 299 Å². The minimum atomic E-state index is 1.15. The standard InChI is InChI=1S/C50H37N/c1-34-15-12-21-39(31-34)51(40-22-13-16-35(2)32-40)48-30-29-47(41-23-6-7-24-42(41)48)50-45-27-10-8-25-43(45)49(44-26-9-11-28-46(44)50)38-20-14-19-37(33-38)36-17-4-3-5-18-36/h3-33H,1-2H3. The third-order valence-corrected chi connectivity index (χ3v) is 10.1. The number of nitrogens with zero attached hydrogens (tertiary/aromatic N) is 1. The molecule has 1 heteroatoms. The molecule has 0 amide bonds. The van der Waals surface area contributed by atoms with Gasteiger partial charge >= 0.3 is 0 Å². The zero-order valence-electron chi connectivity index (χ0n) is 28.8. The highest BCUT2D eigenvalue weighted by atomic mass is 15.1. The molecule has 0 aromatic heterocycles. The molecule has 1 nitrogen and oxygen atoms in total. The van der Waals surface area contributed by atoms with Crippen LogP contribution in [0.2, 0.25) is 0 Å². The minimum absolute atomic E-state index is 1.15. The molecule has 0 saturated carbocycles. The first kappa shape index (κ1) is 30.6. The summed E-state index contributed by atoms with van der Waals surface area (Å²) in [6, 6.07) is 68.8. The van der Waals surface area contributed by atoms with E-state index in [9.17, 15) is 0 Å². The summed E-state index contributed by atoms with van der Waals surface area (Å²) in [5, 5.41) is 7.46. The van der Waals surface area contributed by atoms with E-state index < -0.39 is 0 Å². The van der Waals surface area contributed by atoms with E-state index in [0.717, 1.165) is 17.1 Å². The van der Waals surface area contributed by atoms with Gasteiger partial charge in [0.15, 0.2) is 0 Å². The molecule has 0 aliphatic carbocycles. The molecule has 0 aliphatic heterocycles. The molecule has 0 spiro atoms. The van der Waals surface area contributed by atoms with Gasteiger partial charge in [-0.2, -0.15) is 0 Å². The van der Waals surface area contributed by atoms with Crippen LogP contribution in [-0.2, 0) is 0 Å². The second-order valence-corrected chi connectivity index (χ2v) is 13.5. The van der Waals surface area contributed by atoms with Crippen molar-refractivity contribution in [1.82, 2.24) is 0 Å². The fraction of sp³-hybridized carbons (Fsp3) is 0.0400. The molecule has 0 atom stereocenters. The molecule has 9 aromatic rings. The van der Waals surface area contributed by atoms with Crippen molar-refractivity contribution in [3.8, 4) is 33.4 Å². The lowest BCUT2D eigenvalue weighted by Crippen LogP contribution is -2.11. The molecular formula is C50H37N. The van der Waals surface area contributed by atoms with Gasteiger partial charge in [-0.1, -0.05) is 152 Å². The first-order chi connectivity index (χ1) is 25.1. The monoisotopic (exact) mass is 651 g/mol. The summed E-state index contributed by atoms with van der Waals surface area (Å²) in [5.41, 5.74) is 13.4. The molecule has 0 N–H and O–H groups in total. The van der Waals surface area contributed by atoms with Gasteiger partial charge in [0.2, 0.25) is 0 Å². The summed E-state index contributed by atoms with van der Waals surface area (Å²) in [7, 11) is 0. The number of fused-ring (bicyclic) bond motifs is 3. The Hall–Kier alpha value is -6.44. The first-order valence-corrected chi connectivity index (χ1v) is 17.7. The molecule has 242 valence electrons. The normalized spacial score (nSPS) is 11.3.